The quantitative estimate of drug-likeness (QED) is 0.885. The van der Waals surface area contributed by atoms with E-state index in [4.69, 9.17) is 5.11 Å². The lowest BCUT2D eigenvalue weighted by atomic mass is 10.2. The normalized spacial score (nSPS) is 10.2. The van der Waals surface area contributed by atoms with Crippen LogP contribution in [0.2, 0.25) is 0 Å². The molecule has 2 heterocycles. The molecule has 0 bridgehead atoms. The highest BCUT2D eigenvalue weighted by Gasteiger charge is 2.17. The molecular weight excluding hydrogens is 276 g/mol. The molecule has 2 N–H and O–H groups in total. The van der Waals surface area contributed by atoms with Gasteiger partial charge in [0, 0.05) is 16.0 Å². The Balaban J connectivity index is 2.07. The largest absolute Gasteiger partial charge is 0.478 e. The Morgan fingerprint density at radius 1 is 1.30 bits per heavy atom. The Bertz CT molecular complexity index is 637. The summed E-state index contributed by atoms with van der Waals surface area (Å²) in [5.74, 6) is -1.64. The summed E-state index contributed by atoms with van der Waals surface area (Å²) in [7, 11) is 0. The van der Waals surface area contributed by atoms with E-state index in [1.165, 1.54) is 23.2 Å². The average Bonchev–Trinajstić information content (AvgIpc) is 2.92. The van der Waals surface area contributed by atoms with Crippen molar-refractivity contribution in [2.75, 3.05) is 0 Å². The Kier molecular flexibility index (Phi) is 4.47. The summed E-state index contributed by atoms with van der Waals surface area (Å²) in [5, 5.41) is 11.7. The number of nitrogens with zero attached hydrogens (tertiary/aromatic N) is 1. The van der Waals surface area contributed by atoms with E-state index in [-0.39, 0.29) is 11.3 Å². The van der Waals surface area contributed by atoms with E-state index in [9.17, 15) is 9.59 Å². The van der Waals surface area contributed by atoms with Gasteiger partial charge in [-0.15, -0.1) is 11.3 Å². The highest BCUT2D eigenvalue weighted by molar-refractivity contribution is 7.11. The van der Waals surface area contributed by atoms with Gasteiger partial charge in [0.2, 0.25) is 0 Å². The second-order valence-corrected chi connectivity index (χ2v) is 5.36. The topological polar surface area (TPSA) is 79.3 Å². The van der Waals surface area contributed by atoms with Gasteiger partial charge in [0.15, 0.2) is 0 Å². The molecule has 2 aromatic rings. The number of thiophene rings is 1. The number of carboxylic acids is 1. The van der Waals surface area contributed by atoms with Crippen molar-refractivity contribution in [3.8, 4) is 0 Å². The second-order valence-electron chi connectivity index (χ2n) is 4.11. The van der Waals surface area contributed by atoms with Gasteiger partial charge < -0.3 is 10.4 Å². The molecule has 0 saturated heterocycles. The predicted molar refractivity (Wildman–Crippen MR) is 76.1 cm³/mol. The lowest BCUT2D eigenvalue weighted by Crippen LogP contribution is -2.25. The molecule has 104 valence electrons. The van der Waals surface area contributed by atoms with Crippen molar-refractivity contribution in [3.63, 3.8) is 0 Å². The molecule has 20 heavy (non-hydrogen) atoms. The minimum absolute atomic E-state index is 0.0627. The smallest absolute Gasteiger partial charge is 0.338 e. The van der Waals surface area contributed by atoms with Crippen LogP contribution in [-0.2, 0) is 13.0 Å². The zero-order valence-electron chi connectivity index (χ0n) is 10.9. The second kappa shape index (κ2) is 6.29. The maximum Gasteiger partial charge on any atom is 0.338 e. The number of aromatic nitrogens is 1. The number of carboxylic acid groups (broad SMARTS) is 1. The van der Waals surface area contributed by atoms with Crippen molar-refractivity contribution in [1.82, 2.24) is 10.3 Å². The number of aromatic carboxylic acids is 1. The number of hydrogen-bond donors (Lipinski definition) is 2. The first-order chi connectivity index (χ1) is 9.61. The van der Waals surface area contributed by atoms with Crippen molar-refractivity contribution < 1.29 is 14.7 Å². The molecule has 5 nitrogen and oxygen atoms in total. The Morgan fingerprint density at radius 2 is 2.05 bits per heavy atom. The number of carbonyl (C=O) groups is 2. The summed E-state index contributed by atoms with van der Waals surface area (Å²) in [6.07, 6.45) is 2.36. The summed E-state index contributed by atoms with van der Waals surface area (Å²) < 4.78 is 0. The fraction of sp³-hybridized carbons (Fsp3) is 0.214. The van der Waals surface area contributed by atoms with Crippen molar-refractivity contribution in [3.05, 3.63) is 51.5 Å². The zero-order valence-corrected chi connectivity index (χ0v) is 11.7. The van der Waals surface area contributed by atoms with E-state index in [1.54, 1.807) is 11.3 Å². The number of carbonyl (C=O) groups excluding carboxylic acids is 1. The number of amides is 1. The monoisotopic (exact) mass is 290 g/mol. The van der Waals surface area contributed by atoms with Gasteiger partial charge in [-0.05, 0) is 30.7 Å². The Morgan fingerprint density at radius 3 is 2.70 bits per heavy atom. The Labute approximate surface area is 120 Å². The summed E-state index contributed by atoms with van der Waals surface area (Å²) in [6.45, 7) is 2.44. The lowest BCUT2D eigenvalue weighted by Gasteiger charge is -2.05. The number of pyridine rings is 1. The fourth-order valence-corrected chi connectivity index (χ4v) is 2.61. The minimum Gasteiger partial charge on any atom is -0.478 e. The number of aryl methyl sites for hydroxylation is 1. The van der Waals surface area contributed by atoms with Crippen LogP contribution in [0.5, 0.6) is 0 Å². The first kappa shape index (κ1) is 14.2. The van der Waals surface area contributed by atoms with E-state index in [0.29, 0.717) is 6.54 Å². The molecule has 2 rings (SSSR count). The number of hydrogen-bond acceptors (Lipinski definition) is 4. The molecule has 0 radical (unpaired) electrons. The van der Waals surface area contributed by atoms with Gasteiger partial charge in [0.25, 0.3) is 5.91 Å². The molecule has 0 aromatic carbocycles. The predicted octanol–water partition coefficient (Wildman–Crippen LogP) is 2.33. The summed E-state index contributed by atoms with van der Waals surface area (Å²) in [5.41, 5.74) is -0.155. The Hall–Kier alpha value is -2.21. The fourth-order valence-electron chi connectivity index (χ4n) is 1.72. The third-order valence-electron chi connectivity index (χ3n) is 2.74. The molecule has 0 atom stereocenters. The molecule has 6 heteroatoms. The van der Waals surface area contributed by atoms with Crippen LogP contribution in [0.3, 0.4) is 0 Å². The third-order valence-corrected chi connectivity index (χ3v) is 3.97. The first-order valence-corrected chi connectivity index (χ1v) is 6.97. The van der Waals surface area contributed by atoms with E-state index in [0.717, 1.165) is 11.3 Å². The van der Waals surface area contributed by atoms with Crippen molar-refractivity contribution >= 4 is 23.2 Å². The number of rotatable bonds is 5. The van der Waals surface area contributed by atoms with Crippen molar-refractivity contribution in [1.29, 1.82) is 0 Å². The van der Waals surface area contributed by atoms with Crippen LogP contribution >= 0.6 is 11.3 Å². The average molecular weight is 290 g/mol. The van der Waals surface area contributed by atoms with Crippen LogP contribution in [0, 0.1) is 0 Å². The summed E-state index contributed by atoms with van der Waals surface area (Å²) in [6, 6.07) is 6.84. The third kappa shape index (κ3) is 3.21. The molecule has 0 aliphatic heterocycles. The van der Waals surface area contributed by atoms with E-state index in [2.05, 4.69) is 17.2 Å². The van der Waals surface area contributed by atoms with Gasteiger partial charge in [-0.3, -0.25) is 9.78 Å². The molecule has 0 fully saturated rings. The molecule has 1 amide bonds. The van der Waals surface area contributed by atoms with Gasteiger partial charge in [-0.25, -0.2) is 4.79 Å². The van der Waals surface area contributed by atoms with Gasteiger partial charge in [-0.1, -0.05) is 6.92 Å². The van der Waals surface area contributed by atoms with E-state index < -0.39 is 11.9 Å². The molecule has 0 aliphatic carbocycles. The van der Waals surface area contributed by atoms with Crippen LogP contribution in [0.1, 0.15) is 37.5 Å². The summed E-state index contributed by atoms with van der Waals surface area (Å²) in [4.78, 5) is 29.1. The van der Waals surface area contributed by atoms with E-state index in [1.807, 2.05) is 12.1 Å². The SMILES string of the molecule is CCc1ccc(CNC(=O)c2ncccc2C(=O)O)s1. The maximum absolute atomic E-state index is 12.0. The highest BCUT2D eigenvalue weighted by Crippen LogP contribution is 2.16. The van der Waals surface area contributed by atoms with Crippen LogP contribution < -0.4 is 5.32 Å². The van der Waals surface area contributed by atoms with Gasteiger partial charge >= 0.3 is 5.97 Å². The molecular formula is C14H14N2O3S. The molecule has 2 aromatic heterocycles. The van der Waals surface area contributed by atoms with E-state index >= 15 is 0 Å². The van der Waals surface area contributed by atoms with Gasteiger partial charge in [0.1, 0.15) is 5.69 Å². The van der Waals surface area contributed by atoms with Crippen molar-refractivity contribution in [2.24, 2.45) is 0 Å². The maximum atomic E-state index is 12.0. The molecule has 0 spiro atoms. The zero-order chi connectivity index (χ0) is 14.5. The molecule has 0 unspecified atom stereocenters. The molecule has 0 aliphatic rings. The van der Waals surface area contributed by atoms with Gasteiger partial charge in [-0.2, -0.15) is 0 Å². The standard InChI is InChI=1S/C14H14N2O3S/c1-2-9-5-6-10(20-9)8-16-13(17)12-11(14(18)19)4-3-7-15-12/h3-7H,2,8H2,1H3,(H,16,17)(H,18,19). The van der Waals surface area contributed by atoms with Crippen LogP contribution in [0.25, 0.3) is 0 Å². The first-order valence-electron chi connectivity index (χ1n) is 6.16. The molecule has 0 saturated carbocycles. The van der Waals surface area contributed by atoms with Crippen LogP contribution in [0.15, 0.2) is 30.5 Å². The lowest BCUT2D eigenvalue weighted by molar-refractivity contribution is 0.0690. The van der Waals surface area contributed by atoms with Crippen LogP contribution in [-0.4, -0.2) is 22.0 Å². The number of nitrogens with one attached hydrogen (secondary N) is 1. The highest BCUT2D eigenvalue weighted by atomic mass is 32.1. The van der Waals surface area contributed by atoms with Crippen molar-refractivity contribution in [2.45, 2.75) is 19.9 Å². The summed E-state index contributed by atoms with van der Waals surface area (Å²) >= 11 is 1.63. The van der Waals surface area contributed by atoms with Crippen LogP contribution in [0.4, 0.5) is 0 Å². The van der Waals surface area contributed by atoms with Gasteiger partial charge in [0.05, 0.1) is 12.1 Å². The minimum atomic E-state index is -1.16.